The first-order chi connectivity index (χ1) is 9.08. The predicted molar refractivity (Wildman–Crippen MR) is 80.5 cm³/mol. The van der Waals surface area contributed by atoms with Gasteiger partial charge in [-0.25, -0.2) is 0 Å². The molecule has 2 rings (SSSR count). The summed E-state index contributed by atoms with van der Waals surface area (Å²) in [5, 5.41) is 10.3. The van der Waals surface area contributed by atoms with Gasteiger partial charge in [0.05, 0.1) is 13.2 Å². The lowest BCUT2D eigenvalue weighted by Crippen LogP contribution is -2.02. The Bertz CT molecular complexity index is 546. The molecule has 1 unspecified atom stereocenters. The Balaban J connectivity index is 2.17. The molecule has 2 nitrogen and oxygen atoms in total. The van der Waals surface area contributed by atoms with Gasteiger partial charge < -0.3 is 9.84 Å². The van der Waals surface area contributed by atoms with Crippen LogP contribution in [0, 0.1) is 6.92 Å². The lowest BCUT2D eigenvalue weighted by molar-refractivity contribution is 0.178. The minimum Gasteiger partial charge on any atom is -0.497 e. The zero-order chi connectivity index (χ0) is 13.8. The highest BCUT2D eigenvalue weighted by atomic mass is 79.9. The largest absolute Gasteiger partial charge is 0.497 e. The fourth-order valence-electron chi connectivity index (χ4n) is 2.10. The molecule has 0 bridgehead atoms. The molecule has 0 spiro atoms. The van der Waals surface area contributed by atoms with E-state index in [-0.39, 0.29) is 0 Å². The first-order valence-corrected chi connectivity index (χ1v) is 6.96. The molecule has 19 heavy (non-hydrogen) atoms. The number of rotatable bonds is 4. The molecule has 0 saturated carbocycles. The van der Waals surface area contributed by atoms with Crippen LogP contribution in [0.15, 0.2) is 46.9 Å². The molecule has 0 aliphatic carbocycles. The van der Waals surface area contributed by atoms with E-state index < -0.39 is 6.10 Å². The number of benzene rings is 2. The first-order valence-electron chi connectivity index (χ1n) is 6.16. The van der Waals surface area contributed by atoms with Crippen molar-refractivity contribution in [2.75, 3.05) is 7.11 Å². The highest BCUT2D eigenvalue weighted by Crippen LogP contribution is 2.24. The normalized spacial score (nSPS) is 12.2. The fourth-order valence-corrected chi connectivity index (χ4v) is 2.72. The number of halogens is 1. The van der Waals surface area contributed by atoms with Gasteiger partial charge in [-0.1, -0.05) is 34.1 Å². The van der Waals surface area contributed by atoms with E-state index in [0.29, 0.717) is 6.42 Å². The predicted octanol–water partition coefficient (Wildman–Crippen LogP) is 4.04. The van der Waals surface area contributed by atoms with E-state index in [1.54, 1.807) is 7.11 Å². The Morgan fingerprint density at radius 2 is 2.00 bits per heavy atom. The standard InChI is InChI=1S/C16H17BrO2/c1-11-6-13(10-14(17)7-11)16(18)9-12-4-3-5-15(8-12)19-2/h3-8,10,16,18H,9H2,1-2H3. The van der Waals surface area contributed by atoms with Gasteiger partial charge in [0.1, 0.15) is 5.75 Å². The summed E-state index contributed by atoms with van der Waals surface area (Å²) in [6.45, 7) is 2.02. The van der Waals surface area contributed by atoms with Crippen molar-refractivity contribution in [3.8, 4) is 5.75 Å². The number of aliphatic hydroxyl groups excluding tert-OH is 1. The molecular formula is C16H17BrO2. The van der Waals surface area contributed by atoms with Crippen LogP contribution in [0.3, 0.4) is 0 Å². The van der Waals surface area contributed by atoms with Gasteiger partial charge in [-0.15, -0.1) is 0 Å². The maximum atomic E-state index is 10.3. The minimum atomic E-state index is -0.511. The molecule has 0 fully saturated rings. The van der Waals surface area contributed by atoms with Crippen LogP contribution in [0.1, 0.15) is 22.8 Å². The lowest BCUT2D eigenvalue weighted by Gasteiger charge is -2.13. The Hall–Kier alpha value is -1.32. The van der Waals surface area contributed by atoms with Crippen LogP contribution in [0.2, 0.25) is 0 Å². The molecule has 1 atom stereocenters. The molecule has 0 aliphatic heterocycles. The second kappa shape index (κ2) is 6.22. The summed E-state index contributed by atoms with van der Waals surface area (Å²) < 4.78 is 6.18. The van der Waals surface area contributed by atoms with Gasteiger partial charge in [-0.2, -0.15) is 0 Å². The van der Waals surface area contributed by atoms with Gasteiger partial charge >= 0.3 is 0 Å². The van der Waals surface area contributed by atoms with Gasteiger partial charge in [0.25, 0.3) is 0 Å². The molecule has 3 heteroatoms. The lowest BCUT2D eigenvalue weighted by atomic mass is 10.00. The Kier molecular flexibility index (Phi) is 4.61. The summed E-state index contributed by atoms with van der Waals surface area (Å²) >= 11 is 3.46. The van der Waals surface area contributed by atoms with E-state index in [4.69, 9.17) is 4.74 Å². The molecule has 0 radical (unpaired) electrons. The Morgan fingerprint density at radius 1 is 1.21 bits per heavy atom. The van der Waals surface area contributed by atoms with Crippen molar-refractivity contribution in [3.05, 3.63) is 63.6 Å². The van der Waals surface area contributed by atoms with Crippen LogP contribution >= 0.6 is 15.9 Å². The molecule has 1 N–H and O–H groups in total. The summed E-state index contributed by atoms with van der Waals surface area (Å²) in [5.74, 6) is 0.815. The van der Waals surface area contributed by atoms with Gasteiger partial charge in [0.15, 0.2) is 0 Å². The van der Waals surface area contributed by atoms with E-state index in [2.05, 4.69) is 15.9 Å². The summed E-state index contributed by atoms with van der Waals surface area (Å²) in [4.78, 5) is 0. The second-order valence-corrected chi connectivity index (χ2v) is 5.55. The average Bonchev–Trinajstić information content (AvgIpc) is 2.37. The maximum Gasteiger partial charge on any atom is 0.119 e. The van der Waals surface area contributed by atoms with E-state index in [0.717, 1.165) is 26.9 Å². The molecule has 0 aromatic heterocycles. The highest BCUT2D eigenvalue weighted by molar-refractivity contribution is 9.10. The summed E-state index contributed by atoms with van der Waals surface area (Å²) in [6.07, 6.45) is 0.0657. The van der Waals surface area contributed by atoms with Crippen LogP contribution in [-0.4, -0.2) is 12.2 Å². The number of hydrogen-bond donors (Lipinski definition) is 1. The van der Waals surface area contributed by atoms with Crippen LogP contribution in [0.4, 0.5) is 0 Å². The maximum absolute atomic E-state index is 10.3. The third kappa shape index (κ3) is 3.82. The molecule has 0 heterocycles. The number of aliphatic hydroxyl groups is 1. The topological polar surface area (TPSA) is 29.5 Å². The summed E-state index contributed by atoms with van der Waals surface area (Å²) in [7, 11) is 1.65. The number of methoxy groups -OCH3 is 1. The van der Waals surface area contributed by atoms with Crippen molar-refractivity contribution in [3.63, 3.8) is 0 Å². The zero-order valence-corrected chi connectivity index (χ0v) is 12.6. The Labute approximate surface area is 122 Å². The third-order valence-electron chi connectivity index (χ3n) is 3.01. The van der Waals surface area contributed by atoms with Crippen molar-refractivity contribution in [1.29, 1.82) is 0 Å². The van der Waals surface area contributed by atoms with Crippen LogP contribution < -0.4 is 4.74 Å². The number of ether oxygens (including phenoxy) is 1. The van der Waals surface area contributed by atoms with Crippen molar-refractivity contribution in [2.24, 2.45) is 0 Å². The van der Waals surface area contributed by atoms with Crippen LogP contribution in [0.5, 0.6) is 5.75 Å². The highest BCUT2D eigenvalue weighted by Gasteiger charge is 2.10. The van der Waals surface area contributed by atoms with E-state index in [1.165, 1.54) is 0 Å². The summed E-state index contributed by atoms with van der Waals surface area (Å²) in [6, 6.07) is 13.8. The third-order valence-corrected chi connectivity index (χ3v) is 3.47. The SMILES string of the molecule is COc1cccc(CC(O)c2cc(C)cc(Br)c2)c1. The van der Waals surface area contributed by atoms with Crippen LogP contribution in [0.25, 0.3) is 0 Å². The van der Waals surface area contributed by atoms with Gasteiger partial charge in [0, 0.05) is 10.9 Å². The van der Waals surface area contributed by atoms with E-state index in [1.807, 2.05) is 49.4 Å². The quantitative estimate of drug-likeness (QED) is 0.921. The fraction of sp³-hybridized carbons (Fsp3) is 0.250. The summed E-state index contributed by atoms with van der Waals surface area (Å²) in [5.41, 5.74) is 3.12. The van der Waals surface area contributed by atoms with Crippen molar-refractivity contribution in [2.45, 2.75) is 19.4 Å². The smallest absolute Gasteiger partial charge is 0.119 e. The first kappa shape index (κ1) is 14.1. The Morgan fingerprint density at radius 3 is 2.68 bits per heavy atom. The molecule has 2 aromatic rings. The van der Waals surface area contributed by atoms with Gasteiger partial charge in [-0.3, -0.25) is 0 Å². The van der Waals surface area contributed by atoms with Crippen molar-refractivity contribution < 1.29 is 9.84 Å². The van der Waals surface area contributed by atoms with E-state index >= 15 is 0 Å². The minimum absolute atomic E-state index is 0.511. The number of hydrogen-bond acceptors (Lipinski definition) is 2. The van der Waals surface area contributed by atoms with E-state index in [9.17, 15) is 5.11 Å². The van der Waals surface area contributed by atoms with Crippen LogP contribution in [-0.2, 0) is 6.42 Å². The average molecular weight is 321 g/mol. The molecule has 0 amide bonds. The molecule has 0 aliphatic rings. The van der Waals surface area contributed by atoms with Gasteiger partial charge in [-0.05, 0) is 47.9 Å². The molecule has 2 aromatic carbocycles. The zero-order valence-electron chi connectivity index (χ0n) is 11.1. The van der Waals surface area contributed by atoms with Gasteiger partial charge in [0.2, 0.25) is 0 Å². The van der Waals surface area contributed by atoms with Crippen molar-refractivity contribution >= 4 is 15.9 Å². The second-order valence-electron chi connectivity index (χ2n) is 4.63. The molecular weight excluding hydrogens is 304 g/mol. The monoisotopic (exact) mass is 320 g/mol. The van der Waals surface area contributed by atoms with Crippen molar-refractivity contribution in [1.82, 2.24) is 0 Å². The number of aryl methyl sites for hydroxylation is 1. The molecule has 100 valence electrons. The molecule has 0 saturated heterocycles.